The van der Waals surface area contributed by atoms with Crippen molar-refractivity contribution in [3.05, 3.63) is 53.4 Å². The van der Waals surface area contributed by atoms with Crippen LogP contribution in [0.4, 0.5) is 22.7 Å². The summed E-state index contributed by atoms with van der Waals surface area (Å²) in [6.45, 7) is 0.601. The quantitative estimate of drug-likeness (QED) is 0.295. The van der Waals surface area contributed by atoms with E-state index < -0.39 is 17.6 Å². The van der Waals surface area contributed by atoms with Crippen LogP contribution in [0, 0.1) is 5.82 Å². The number of benzene rings is 1. The summed E-state index contributed by atoms with van der Waals surface area (Å²) in [5, 5.41) is 17.0. The second-order valence-electron chi connectivity index (χ2n) is 9.51. The first-order valence-corrected chi connectivity index (χ1v) is 13.2. The molecule has 38 heavy (non-hydrogen) atoms. The van der Waals surface area contributed by atoms with Crippen LogP contribution in [-0.4, -0.2) is 49.6 Å². The maximum atomic E-state index is 15.1. The minimum Gasteiger partial charge on any atom is -0.395 e. The molecule has 1 aliphatic carbocycles. The molecule has 6 rings (SSSR count). The molecule has 8 nitrogen and oxygen atoms in total. The Morgan fingerprint density at radius 2 is 2.00 bits per heavy atom. The van der Waals surface area contributed by atoms with E-state index in [1.165, 1.54) is 0 Å². The summed E-state index contributed by atoms with van der Waals surface area (Å²) >= 11 is 1.16. The highest BCUT2D eigenvalue weighted by Gasteiger charge is 2.33. The summed E-state index contributed by atoms with van der Waals surface area (Å²) < 4.78 is 63.0. The molecule has 0 radical (unpaired) electrons. The molecule has 2 fully saturated rings. The average Bonchev–Trinajstić information content (AvgIpc) is 3.47. The minimum atomic E-state index is -4.66. The average molecular weight is 549 g/mol. The van der Waals surface area contributed by atoms with Crippen LogP contribution in [0.2, 0.25) is 0 Å². The van der Waals surface area contributed by atoms with Gasteiger partial charge in [-0.15, -0.1) is 0 Å². The van der Waals surface area contributed by atoms with Gasteiger partial charge in [-0.1, -0.05) is 11.3 Å². The first kappa shape index (κ1) is 25.1. The molecule has 2 N–H and O–H groups in total. The largest absolute Gasteiger partial charge is 0.416 e. The van der Waals surface area contributed by atoms with Gasteiger partial charge in [-0.2, -0.15) is 23.3 Å². The van der Waals surface area contributed by atoms with Gasteiger partial charge in [-0.05, 0) is 43.9 Å². The first-order chi connectivity index (χ1) is 18.3. The third-order valence-electron chi connectivity index (χ3n) is 6.77. The lowest BCUT2D eigenvalue weighted by molar-refractivity contribution is -0.137. The number of fused-ring (bicyclic) bond motifs is 1. The van der Waals surface area contributed by atoms with E-state index >= 15 is 4.39 Å². The number of anilines is 1. The summed E-state index contributed by atoms with van der Waals surface area (Å²) in [5.74, 6) is -0.718. The predicted octanol–water partition coefficient (Wildman–Crippen LogP) is 5.48. The molecule has 0 bridgehead atoms. The molecule has 0 spiro atoms. The van der Waals surface area contributed by atoms with Crippen molar-refractivity contribution in [1.29, 1.82) is 0 Å². The van der Waals surface area contributed by atoms with Crippen molar-refractivity contribution < 1.29 is 27.4 Å². The molecular formula is C25H24F4N6O2S. The Balaban J connectivity index is 1.38. The van der Waals surface area contributed by atoms with Gasteiger partial charge in [0, 0.05) is 36.4 Å². The summed E-state index contributed by atoms with van der Waals surface area (Å²) in [7, 11) is 0. The van der Waals surface area contributed by atoms with Crippen LogP contribution in [0.25, 0.3) is 21.6 Å². The third-order valence-corrected chi connectivity index (χ3v) is 7.78. The molecule has 1 saturated carbocycles. The predicted molar refractivity (Wildman–Crippen MR) is 132 cm³/mol. The fourth-order valence-corrected chi connectivity index (χ4v) is 5.58. The van der Waals surface area contributed by atoms with Gasteiger partial charge in [0.25, 0.3) is 0 Å². The van der Waals surface area contributed by atoms with Gasteiger partial charge < -0.3 is 15.2 Å². The van der Waals surface area contributed by atoms with Crippen molar-refractivity contribution >= 4 is 26.8 Å². The number of ether oxygens (including phenoxy) is 1. The van der Waals surface area contributed by atoms with Crippen LogP contribution < -0.4 is 5.32 Å². The topological polar surface area (TPSA) is 98.0 Å². The van der Waals surface area contributed by atoms with E-state index in [2.05, 4.69) is 20.4 Å². The number of thiazole rings is 1. The second-order valence-corrected chi connectivity index (χ2v) is 10.5. The zero-order chi connectivity index (χ0) is 26.4. The van der Waals surface area contributed by atoms with Gasteiger partial charge in [-0.3, -0.25) is 4.68 Å². The highest BCUT2D eigenvalue weighted by molar-refractivity contribution is 7.22. The fourth-order valence-electron chi connectivity index (χ4n) is 4.65. The van der Waals surface area contributed by atoms with E-state index in [1.807, 2.05) is 17.1 Å². The van der Waals surface area contributed by atoms with E-state index in [9.17, 15) is 13.2 Å². The van der Waals surface area contributed by atoms with Gasteiger partial charge in [-0.25, -0.2) is 14.4 Å². The van der Waals surface area contributed by atoms with E-state index in [0.29, 0.717) is 52.9 Å². The number of hydrogen-bond acceptors (Lipinski definition) is 8. The Kier molecular flexibility index (Phi) is 6.52. The molecule has 0 unspecified atom stereocenters. The molecule has 4 aromatic rings. The zero-order valence-corrected chi connectivity index (χ0v) is 20.9. The fraction of sp³-hybridized carbons (Fsp3) is 0.440. The SMILES string of the molecule is OCCNc1nc2nc([C@@H]3CCO[C@H](c4cnn(C5CC5)c4)C3)nc(-c3ccc(C(F)(F)F)cc3F)c2s1. The Morgan fingerprint density at radius 3 is 2.74 bits per heavy atom. The molecule has 3 aromatic heterocycles. The highest BCUT2D eigenvalue weighted by Crippen LogP contribution is 2.41. The van der Waals surface area contributed by atoms with Gasteiger partial charge in [0.2, 0.25) is 0 Å². The van der Waals surface area contributed by atoms with Crippen LogP contribution in [0.5, 0.6) is 0 Å². The molecule has 0 amide bonds. The van der Waals surface area contributed by atoms with Gasteiger partial charge in [0.1, 0.15) is 16.3 Å². The molecular weight excluding hydrogens is 524 g/mol. The lowest BCUT2D eigenvalue weighted by atomic mass is 9.92. The molecule has 4 heterocycles. The zero-order valence-electron chi connectivity index (χ0n) is 20.1. The van der Waals surface area contributed by atoms with Gasteiger partial charge >= 0.3 is 6.18 Å². The summed E-state index contributed by atoms with van der Waals surface area (Å²) in [4.78, 5) is 13.9. The number of aliphatic hydroxyl groups excluding tert-OH is 1. The molecule has 13 heteroatoms. The van der Waals surface area contributed by atoms with Crippen LogP contribution >= 0.6 is 11.3 Å². The van der Waals surface area contributed by atoms with Gasteiger partial charge in [0.15, 0.2) is 10.8 Å². The molecule has 2 aliphatic rings. The Bertz CT molecular complexity index is 1470. The summed E-state index contributed by atoms with van der Waals surface area (Å²) in [6.07, 6.45) is 2.41. The third kappa shape index (κ3) is 4.97. The monoisotopic (exact) mass is 548 g/mol. The number of aliphatic hydroxyl groups is 1. The number of aromatic nitrogens is 5. The van der Waals surface area contributed by atoms with Gasteiger partial charge in [0.05, 0.1) is 36.2 Å². The van der Waals surface area contributed by atoms with Crippen LogP contribution in [0.1, 0.15) is 60.7 Å². The van der Waals surface area contributed by atoms with Crippen molar-refractivity contribution in [3.8, 4) is 11.3 Å². The second kappa shape index (κ2) is 9.86. The Labute approximate surface area is 218 Å². The molecule has 1 aliphatic heterocycles. The highest BCUT2D eigenvalue weighted by atomic mass is 32.1. The van der Waals surface area contributed by atoms with E-state index in [-0.39, 0.29) is 36.4 Å². The number of hydrogen-bond donors (Lipinski definition) is 2. The van der Waals surface area contributed by atoms with Crippen LogP contribution in [-0.2, 0) is 10.9 Å². The molecule has 1 saturated heterocycles. The minimum absolute atomic E-state index is 0.0571. The van der Waals surface area contributed by atoms with Crippen molar-refractivity contribution in [3.63, 3.8) is 0 Å². The number of nitrogens with zero attached hydrogens (tertiary/aromatic N) is 5. The van der Waals surface area contributed by atoms with E-state index in [4.69, 9.17) is 14.8 Å². The normalized spacial score (nSPS) is 20.2. The number of nitrogens with one attached hydrogen (secondary N) is 1. The Morgan fingerprint density at radius 1 is 1.16 bits per heavy atom. The molecule has 200 valence electrons. The number of halogens is 4. The van der Waals surface area contributed by atoms with E-state index in [0.717, 1.165) is 41.9 Å². The lowest BCUT2D eigenvalue weighted by Gasteiger charge is -2.28. The molecule has 1 aromatic carbocycles. The number of alkyl halides is 3. The van der Waals surface area contributed by atoms with Crippen molar-refractivity contribution in [2.75, 3.05) is 25.1 Å². The Hall–Kier alpha value is -3.16. The number of rotatable bonds is 7. The van der Waals surface area contributed by atoms with Crippen molar-refractivity contribution in [2.24, 2.45) is 0 Å². The smallest absolute Gasteiger partial charge is 0.395 e. The van der Waals surface area contributed by atoms with E-state index in [1.54, 1.807) is 0 Å². The lowest BCUT2D eigenvalue weighted by Crippen LogP contribution is -2.20. The van der Waals surface area contributed by atoms with Crippen molar-refractivity contribution in [1.82, 2.24) is 24.7 Å². The summed E-state index contributed by atoms with van der Waals surface area (Å²) in [6, 6.07) is 2.88. The maximum Gasteiger partial charge on any atom is 0.416 e. The van der Waals surface area contributed by atoms with Crippen LogP contribution in [0.15, 0.2) is 30.6 Å². The summed E-state index contributed by atoms with van der Waals surface area (Å²) in [5.41, 5.74) is 0.353. The van der Waals surface area contributed by atoms with Crippen LogP contribution in [0.3, 0.4) is 0 Å². The first-order valence-electron chi connectivity index (χ1n) is 12.4. The standard InChI is InChI=1S/C25H24F4N6O2S/c26-18-10-15(25(27,28)29)1-4-17(18)20-21-23(34-24(38-21)30-6-7-36)33-22(32-20)13-5-8-37-19(9-13)14-11-31-35(12-14)16-2-3-16/h1,4,10-13,16,19,36H,2-3,5-9H2,(H,30,32,33,34)/t13-,19+/m1/s1. The van der Waals surface area contributed by atoms with Crippen molar-refractivity contribution in [2.45, 2.75) is 49.9 Å². The molecule has 2 atom stereocenters. The maximum absolute atomic E-state index is 15.1.